The molecule has 2 aromatic heterocycles. The Morgan fingerprint density at radius 3 is 2.65 bits per heavy atom. The molecule has 23 heavy (non-hydrogen) atoms. The van der Waals surface area contributed by atoms with Crippen LogP contribution >= 0.6 is 0 Å². The molecule has 0 saturated carbocycles. The molecule has 0 aromatic carbocycles. The Hall–Kier alpha value is -2.06. The third kappa shape index (κ3) is 2.79. The van der Waals surface area contributed by atoms with E-state index in [1.165, 1.54) is 27.3 Å². The summed E-state index contributed by atoms with van der Waals surface area (Å²) in [5.41, 5.74) is 1.23. The standard InChI is InChI=1S/C15H18N4O3S/c1-11-17-14-6-9-19(8-5-13(14)15(20)18(11)2)23(21,22)12-4-3-7-16-10-12/h3-4,7,10H,5-6,8-9H2,1-2H3. The summed E-state index contributed by atoms with van der Waals surface area (Å²) in [6.07, 6.45) is 3.68. The van der Waals surface area contributed by atoms with Gasteiger partial charge in [0, 0.05) is 44.5 Å². The number of pyridine rings is 1. The Bertz CT molecular complexity index is 891. The summed E-state index contributed by atoms with van der Waals surface area (Å²) in [5, 5.41) is 0. The SMILES string of the molecule is Cc1nc2c(c(=O)n1C)CCN(S(=O)(=O)c1cccnc1)CC2. The fourth-order valence-corrected chi connectivity index (χ4v) is 4.14. The van der Waals surface area contributed by atoms with Crippen LogP contribution in [0.2, 0.25) is 0 Å². The fourth-order valence-electron chi connectivity index (χ4n) is 2.74. The molecule has 0 saturated heterocycles. The van der Waals surface area contributed by atoms with E-state index >= 15 is 0 Å². The van der Waals surface area contributed by atoms with Crippen molar-refractivity contribution < 1.29 is 8.42 Å². The van der Waals surface area contributed by atoms with Gasteiger partial charge in [0.05, 0.1) is 5.69 Å². The molecule has 0 spiro atoms. The molecule has 8 heteroatoms. The zero-order valence-electron chi connectivity index (χ0n) is 13.1. The van der Waals surface area contributed by atoms with Gasteiger partial charge in [0.2, 0.25) is 10.0 Å². The highest BCUT2D eigenvalue weighted by atomic mass is 32.2. The van der Waals surface area contributed by atoms with Crippen molar-refractivity contribution in [3.05, 3.63) is 52.0 Å². The second kappa shape index (κ2) is 5.86. The van der Waals surface area contributed by atoms with Crippen LogP contribution in [0.15, 0.2) is 34.2 Å². The quantitative estimate of drug-likeness (QED) is 0.787. The summed E-state index contributed by atoms with van der Waals surface area (Å²) >= 11 is 0. The lowest BCUT2D eigenvalue weighted by molar-refractivity contribution is 0.426. The van der Waals surface area contributed by atoms with Crippen LogP contribution in [0, 0.1) is 6.92 Å². The van der Waals surface area contributed by atoms with Crippen molar-refractivity contribution in [1.29, 1.82) is 0 Å². The lowest BCUT2D eigenvalue weighted by Gasteiger charge is -2.19. The van der Waals surface area contributed by atoms with Gasteiger partial charge in [0.25, 0.3) is 5.56 Å². The smallest absolute Gasteiger partial charge is 0.256 e. The Morgan fingerprint density at radius 1 is 1.22 bits per heavy atom. The minimum Gasteiger partial charge on any atom is -0.300 e. The van der Waals surface area contributed by atoms with Gasteiger partial charge in [-0.05, 0) is 25.5 Å². The van der Waals surface area contributed by atoms with Gasteiger partial charge in [-0.25, -0.2) is 13.4 Å². The fraction of sp³-hybridized carbons (Fsp3) is 0.400. The molecule has 0 unspecified atom stereocenters. The molecule has 1 aliphatic heterocycles. The number of nitrogens with zero attached hydrogens (tertiary/aromatic N) is 4. The summed E-state index contributed by atoms with van der Waals surface area (Å²) in [7, 11) is -1.92. The van der Waals surface area contributed by atoms with E-state index in [1.54, 1.807) is 20.0 Å². The molecule has 0 fully saturated rings. The van der Waals surface area contributed by atoms with Crippen molar-refractivity contribution in [2.24, 2.45) is 7.05 Å². The second-order valence-corrected chi connectivity index (χ2v) is 7.48. The summed E-state index contributed by atoms with van der Waals surface area (Å²) in [6, 6.07) is 3.13. The molecule has 122 valence electrons. The highest BCUT2D eigenvalue weighted by Crippen LogP contribution is 2.19. The first kappa shape index (κ1) is 15.8. The lowest BCUT2D eigenvalue weighted by Crippen LogP contribution is -2.33. The number of rotatable bonds is 2. The van der Waals surface area contributed by atoms with Crippen molar-refractivity contribution in [1.82, 2.24) is 18.8 Å². The summed E-state index contributed by atoms with van der Waals surface area (Å²) in [5.74, 6) is 0.636. The first-order valence-electron chi connectivity index (χ1n) is 7.37. The van der Waals surface area contributed by atoms with Crippen molar-refractivity contribution in [3.63, 3.8) is 0 Å². The monoisotopic (exact) mass is 334 g/mol. The number of hydrogen-bond donors (Lipinski definition) is 0. The first-order chi connectivity index (χ1) is 10.9. The van der Waals surface area contributed by atoms with Gasteiger partial charge >= 0.3 is 0 Å². The molecule has 1 aliphatic rings. The van der Waals surface area contributed by atoms with Gasteiger partial charge < -0.3 is 0 Å². The van der Waals surface area contributed by atoms with Crippen LogP contribution in [-0.2, 0) is 29.9 Å². The highest BCUT2D eigenvalue weighted by Gasteiger charge is 2.28. The van der Waals surface area contributed by atoms with Crippen molar-refractivity contribution in [3.8, 4) is 0 Å². The maximum absolute atomic E-state index is 12.7. The van der Waals surface area contributed by atoms with Crippen LogP contribution in [0.3, 0.4) is 0 Å². The van der Waals surface area contributed by atoms with Crippen LogP contribution < -0.4 is 5.56 Å². The van der Waals surface area contributed by atoms with Gasteiger partial charge in [-0.3, -0.25) is 14.3 Å². The minimum absolute atomic E-state index is 0.0897. The minimum atomic E-state index is -3.60. The van der Waals surface area contributed by atoms with Crippen LogP contribution in [0.5, 0.6) is 0 Å². The largest absolute Gasteiger partial charge is 0.300 e. The number of sulfonamides is 1. The molecule has 3 heterocycles. The average Bonchev–Trinajstić information content (AvgIpc) is 2.76. The average molecular weight is 334 g/mol. The second-order valence-electron chi connectivity index (χ2n) is 5.54. The molecule has 0 amide bonds. The van der Waals surface area contributed by atoms with Crippen LogP contribution in [-0.4, -0.2) is 40.3 Å². The van der Waals surface area contributed by atoms with E-state index in [9.17, 15) is 13.2 Å². The van der Waals surface area contributed by atoms with E-state index in [2.05, 4.69) is 9.97 Å². The van der Waals surface area contributed by atoms with Crippen molar-refractivity contribution >= 4 is 10.0 Å². The zero-order valence-corrected chi connectivity index (χ0v) is 13.9. The number of aromatic nitrogens is 3. The van der Waals surface area contributed by atoms with Gasteiger partial charge in [0.1, 0.15) is 10.7 Å². The van der Waals surface area contributed by atoms with Gasteiger partial charge in [-0.1, -0.05) is 0 Å². The summed E-state index contributed by atoms with van der Waals surface area (Å²) < 4.78 is 28.3. The molecule has 2 aromatic rings. The maximum atomic E-state index is 12.7. The molecule has 0 N–H and O–H groups in total. The molecule has 7 nitrogen and oxygen atoms in total. The third-order valence-corrected chi connectivity index (χ3v) is 6.06. The molecule has 0 radical (unpaired) electrons. The lowest BCUT2D eigenvalue weighted by atomic mass is 10.1. The molecule has 3 rings (SSSR count). The van der Waals surface area contributed by atoms with Gasteiger partial charge in [-0.15, -0.1) is 0 Å². The van der Waals surface area contributed by atoms with E-state index < -0.39 is 10.0 Å². The van der Waals surface area contributed by atoms with Crippen LogP contribution in [0.25, 0.3) is 0 Å². The predicted octanol–water partition coefficient (Wildman–Crippen LogP) is 0.273. The zero-order chi connectivity index (χ0) is 16.6. The Kier molecular flexibility index (Phi) is 4.03. The molecular weight excluding hydrogens is 316 g/mol. The molecule has 0 aliphatic carbocycles. The van der Waals surface area contributed by atoms with E-state index in [0.717, 1.165) is 0 Å². The molecule has 0 bridgehead atoms. The number of aryl methyl sites for hydroxylation is 1. The van der Waals surface area contributed by atoms with Crippen molar-refractivity contribution in [2.45, 2.75) is 24.7 Å². The normalized spacial score (nSPS) is 15.9. The highest BCUT2D eigenvalue weighted by molar-refractivity contribution is 7.89. The topological polar surface area (TPSA) is 85.2 Å². The van der Waals surface area contributed by atoms with Crippen LogP contribution in [0.1, 0.15) is 17.1 Å². The van der Waals surface area contributed by atoms with Crippen molar-refractivity contribution in [2.75, 3.05) is 13.1 Å². The summed E-state index contributed by atoms with van der Waals surface area (Å²) in [6.45, 7) is 2.35. The van der Waals surface area contributed by atoms with Crippen LogP contribution in [0.4, 0.5) is 0 Å². The van der Waals surface area contributed by atoms with E-state index in [-0.39, 0.29) is 17.0 Å². The third-order valence-electron chi connectivity index (χ3n) is 4.17. The molecule has 0 atom stereocenters. The van der Waals surface area contributed by atoms with E-state index in [1.807, 2.05) is 0 Å². The Labute approximate surface area is 134 Å². The maximum Gasteiger partial charge on any atom is 0.256 e. The van der Waals surface area contributed by atoms with Gasteiger partial charge in [0.15, 0.2) is 0 Å². The first-order valence-corrected chi connectivity index (χ1v) is 8.81. The Balaban J connectivity index is 1.94. The van der Waals surface area contributed by atoms with E-state index in [0.29, 0.717) is 36.5 Å². The number of fused-ring (bicyclic) bond motifs is 1. The Morgan fingerprint density at radius 2 is 1.96 bits per heavy atom. The number of hydrogen-bond acceptors (Lipinski definition) is 5. The summed E-state index contributed by atoms with van der Waals surface area (Å²) in [4.78, 5) is 20.9. The molecular formula is C15H18N4O3S. The van der Waals surface area contributed by atoms with E-state index in [4.69, 9.17) is 0 Å². The predicted molar refractivity (Wildman–Crippen MR) is 84.6 cm³/mol. The van der Waals surface area contributed by atoms with Gasteiger partial charge in [-0.2, -0.15) is 4.31 Å².